The van der Waals surface area contributed by atoms with Gasteiger partial charge in [0.05, 0.1) is 7.11 Å². The zero-order chi connectivity index (χ0) is 9.84. The summed E-state index contributed by atoms with van der Waals surface area (Å²) in [5.41, 5.74) is 2.07. The molecule has 0 amide bonds. The molecule has 0 aliphatic heterocycles. The van der Waals surface area contributed by atoms with Crippen molar-refractivity contribution < 1.29 is 4.74 Å². The Morgan fingerprint density at radius 2 is 2.15 bits per heavy atom. The zero-order valence-corrected chi connectivity index (χ0v) is 8.59. The van der Waals surface area contributed by atoms with Gasteiger partial charge in [-0.25, -0.2) is 4.98 Å². The van der Waals surface area contributed by atoms with Gasteiger partial charge in [-0.05, 0) is 27.0 Å². The first-order valence-corrected chi connectivity index (χ1v) is 4.37. The fourth-order valence-electron chi connectivity index (χ4n) is 1.19. The molecule has 0 spiro atoms. The van der Waals surface area contributed by atoms with Crippen LogP contribution in [0.4, 0.5) is 0 Å². The number of nitrogens with one attached hydrogen (secondary N) is 1. The van der Waals surface area contributed by atoms with E-state index in [-0.39, 0.29) is 6.04 Å². The predicted octanol–water partition coefficient (Wildman–Crippen LogP) is 1.68. The third kappa shape index (κ3) is 2.18. The van der Waals surface area contributed by atoms with E-state index in [0.717, 1.165) is 11.3 Å². The molecule has 3 heteroatoms. The molecule has 0 unspecified atom stereocenters. The van der Waals surface area contributed by atoms with Gasteiger partial charge < -0.3 is 10.1 Å². The largest absolute Gasteiger partial charge is 0.481 e. The summed E-state index contributed by atoms with van der Waals surface area (Å²) in [6.45, 7) is 4.03. The van der Waals surface area contributed by atoms with E-state index in [1.54, 1.807) is 7.11 Å². The Morgan fingerprint density at radius 3 is 2.69 bits per heavy atom. The van der Waals surface area contributed by atoms with Gasteiger partial charge in [-0.1, -0.05) is 6.07 Å². The normalized spacial score (nSPS) is 12.6. The van der Waals surface area contributed by atoms with Gasteiger partial charge in [0, 0.05) is 17.3 Å². The summed E-state index contributed by atoms with van der Waals surface area (Å²) in [6, 6.07) is 4.30. The first kappa shape index (κ1) is 9.99. The third-order valence-electron chi connectivity index (χ3n) is 2.12. The van der Waals surface area contributed by atoms with Gasteiger partial charge >= 0.3 is 0 Å². The van der Waals surface area contributed by atoms with Crippen molar-refractivity contribution in [3.63, 3.8) is 0 Å². The summed E-state index contributed by atoms with van der Waals surface area (Å²) in [5.74, 6) is 0.710. The van der Waals surface area contributed by atoms with E-state index in [4.69, 9.17) is 4.74 Å². The Labute approximate surface area is 79.1 Å². The number of rotatable bonds is 3. The maximum Gasteiger partial charge on any atom is 0.218 e. The molecule has 0 saturated carbocycles. The lowest BCUT2D eigenvalue weighted by molar-refractivity contribution is 0.386. The number of aryl methyl sites for hydroxylation is 1. The molecule has 1 atom stereocenters. The van der Waals surface area contributed by atoms with Crippen molar-refractivity contribution in [1.29, 1.82) is 0 Å². The van der Waals surface area contributed by atoms with Crippen LogP contribution in [-0.2, 0) is 0 Å². The molecule has 0 aliphatic rings. The van der Waals surface area contributed by atoms with Gasteiger partial charge in [-0.2, -0.15) is 0 Å². The van der Waals surface area contributed by atoms with Crippen LogP contribution in [0.3, 0.4) is 0 Å². The lowest BCUT2D eigenvalue weighted by atomic mass is 10.1. The van der Waals surface area contributed by atoms with Crippen molar-refractivity contribution in [2.75, 3.05) is 14.2 Å². The molecule has 0 aromatic carbocycles. The van der Waals surface area contributed by atoms with Crippen LogP contribution in [0, 0.1) is 6.92 Å². The van der Waals surface area contributed by atoms with Crippen LogP contribution < -0.4 is 10.1 Å². The van der Waals surface area contributed by atoms with Crippen molar-refractivity contribution in [3.05, 3.63) is 23.4 Å². The van der Waals surface area contributed by atoms with Crippen LogP contribution in [0.5, 0.6) is 5.88 Å². The van der Waals surface area contributed by atoms with Crippen molar-refractivity contribution in [3.8, 4) is 5.88 Å². The van der Waals surface area contributed by atoms with E-state index in [1.807, 2.05) is 26.1 Å². The summed E-state index contributed by atoms with van der Waals surface area (Å²) >= 11 is 0. The number of hydrogen-bond donors (Lipinski definition) is 1. The van der Waals surface area contributed by atoms with Gasteiger partial charge in [0.25, 0.3) is 0 Å². The average molecular weight is 180 g/mol. The lowest BCUT2D eigenvalue weighted by Crippen LogP contribution is -2.14. The van der Waals surface area contributed by atoms with E-state index in [9.17, 15) is 0 Å². The van der Waals surface area contributed by atoms with E-state index in [0.29, 0.717) is 5.88 Å². The highest BCUT2D eigenvalue weighted by Gasteiger charge is 2.10. The summed E-state index contributed by atoms with van der Waals surface area (Å²) < 4.78 is 5.20. The molecule has 0 fully saturated rings. The maximum absolute atomic E-state index is 5.20. The number of aromatic nitrogens is 1. The lowest BCUT2D eigenvalue weighted by Gasteiger charge is -2.13. The van der Waals surface area contributed by atoms with Gasteiger partial charge in [-0.3, -0.25) is 0 Å². The second kappa shape index (κ2) is 4.23. The molecule has 1 heterocycles. The van der Waals surface area contributed by atoms with Crippen molar-refractivity contribution in [1.82, 2.24) is 10.3 Å². The van der Waals surface area contributed by atoms with Gasteiger partial charge in [0.2, 0.25) is 5.88 Å². The molecule has 1 rings (SSSR count). The second-order valence-corrected chi connectivity index (χ2v) is 3.06. The first-order valence-electron chi connectivity index (χ1n) is 4.37. The van der Waals surface area contributed by atoms with Crippen LogP contribution >= 0.6 is 0 Å². The molecule has 0 aliphatic carbocycles. The summed E-state index contributed by atoms with van der Waals surface area (Å²) in [5, 5.41) is 3.16. The van der Waals surface area contributed by atoms with E-state index in [2.05, 4.69) is 17.2 Å². The molecule has 1 aromatic rings. The van der Waals surface area contributed by atoms with Crippen LogP contribution in [0.2, 0.25) is 0 Å². The Kier molecular flexibility index (Phi) is 3.25. The maximum atomic E-state index is 5.20. The number of methoxy groups -OCH3 is 1. The van der Waals surface area contributed by atoms with Gasteiger partial charge in [-0.15, -0.1) is 0 Å². The molecule has 0 bridgehead atoms. The highest BCUT2D eigenvalue weighted by molar-refractivity contribution is 5.30. The van der Waals surface area contributed by atoms with Crippen LogP contribution in [0.1, 0.15) is 24.2 Å². The summed E-state index contributed by atoms with van der Waals surface area (Å²) in [7, 11) is 3.57. The SMILES string of the molecule is CN[C@H](C)c1ccc(C)nc1OC. The van der Waals surface area contributed by atoms with E-state index < -0.39 is 0 Å². The number of nitrogens with zero attached hydrogens (tertiary/aromatic N) is 1. The minimum Gasteiger partial charge on any atom is -0.481 e. The molecule has 0 radical (unpaired) electrons. The zero-order valence-electron chi connectivity index (χ0n) is 8.59. The van der Waals surface area contributed by atoms with Gasteiger partial charge in [0.15, 0.2) is 0 Å². The molecule has 0 saturated heterocycles. The molecule has 13 heavy (non-hydrogen) atoms. The topological polar surface area (TPSA) is 34.2 Å². The summed E-state index contributed by atoms with van der Waals surface area (Å²) in [4.78, 5) is 4.30. The highest BCUT2D eigenvalue weighted by Crippen LogP contribution is 2.22. The van der Waals surface area contributed by atoms with E-state index in [1.165, 1.54) is 0 Å². The minimum atomic E-state index is 0.267. The van der Waals surface area contributed by atoms with Crippen molar-refractivity contribution in [2.45, 2.75) is 19.9 Å². The average Bonchev–Trinajstić information content (AvgIpc) is 2.16. The molecule has 1 N–H and O–H groups in total. The predicted molar refractivity (Wildman–Crippen MR) is 53.0 cm³/mol. The Balaban J connectivity index is 3.05. The quantitative estimate of drug-likeness (QED) is 0.768. The molecular formula is C10H16N2O. The van der Waals surface area contributed by atoms with Crippen LogP contribution in [0.25, 0.3) is 0 Å². The van der Waals surface area contributed by atoms with E-state index >= 15 is 0 Å². The molecule has 72 valence electrons. The highest BCUT2D eigenvalue weighted by atomic mass is 16.5. The van der Waals surface area contributed by atoms with Gasteiger partial charge in [0.1, 0.15) is 0 Å². The molecular weight excluding hydrogens is 164 g/mol. The number of ether oxygens (including phenoxy) is 1. The van der Waals surface area contributed by atoms with Crippen LogP contribution in [0.15, 0.2) is 12.1 Å². The van der Waals surface area contributed by atoms with Crippen molar-refractivity contribution >= 4 is 0 Å². The molecule has 1 aromatic heterocycles. The summed E-state index contributed by atoms with van der Waals surface area (Å²) in [6.07, 6.45) is 0. The minimum absolute atomic E-state index is 0.267. The number of hydrogen-bond acceptors (Lipinski definition) is 3. The molecule has 3 nitrogen and oxygen atoms in total. The number of pyridine rings is 1. The van der Waals surface area contributed by atoms with Crippen molar-refractivity contribution in [2.24, 2.45) is 0 Å². The standard InChI is InChI=1S/C10H16N2O/c1-7-5-6-9(8(2)11-3)10(12-7)13-4/h5-6,8,11H,1-4H3/t8-/m1/s1. The fraction of sp³-hybridized carbons (Fsp3) is 0.500. The van der Waals surface area contributed by atoms with Crippen LogP contribution in [-0.4, -0.2) is 19.1 Å². The Bertz CT molecular complexity index is 286. The fourth-order valence-corrected chi connectivity index (χ4v) is 1.19. The third-order valence-corrected chi connectivity index (χ3v) is 2.12. The smallest absolute Gasteiger partial charge is 0.218 e. The first-order chi connectivity index (χ1) is 6.19. The monoisotopic (exact) mass is 180 g/mol. The Hall–Kier alpha value is -1.09. The second-order valence-electron chi connectivity index (χ2n) is 3.06. The Morgan fingerprint density at radius 1 is 1.46 bits per heavy atom.